The van der Waals surface area contributed by atoms with Crippen molar-refractivity contribution in [2.24, 2.45) is 0 Å². The molecular weight excluding hydrogens is 307 g/mol. The smallest absolute Gasteiger partial charge is 0.253 e. The summed E-state index contributed by atoms with van der Waals surface area (Å²) in [6.07, 6.45) is 0.147. The van der Waals surface area contributed by atoms with Crippen molar-refractivity contribution in [1.82, 2.24) is 4.90 Å². The first kappa shape index (κ1) is 17.7. The van der Waals surface area contributed by atoms with Crippen LogP contribution in [-0.2, 0) is 11.2 Å². The molecule has 0 aliphatic rings. The maximum Gasteiger partial charge on any atom is 0.253 e. The highest BCUT2D eigenvalue weighted by molar-refractivity contribution is 5.97. The molecule has 126 valence electrons. The fraction of sp³-hybridized carbons (Fsp3) is 0.263. The van der Waals surface area contributed by atoms with Crippen LogP contribution >= 0.6 is 0 Å². The van der Waals surface area contributed by atoms with E-state index in [1.165, 1.54) is 12.1 Å². The van der Waals surface area contributed by atoms with Gasteiger partial charge < -0.3 is 10.2 Å². The second kappa shape index (κ2) is 8.24. The number of halogens is 1. The molecule has 0 saturated heterocycles. The maximum atomic E-state index is 12.9. The van der Waals surface area contributed by atoms with Crippen LogP contribution in [0.25, 0.3) is 0 Å². The van der Waals surface area contributed by atoms with Gasteiger partial charge in [0.05, 0.1) is 6.42 Å². The van der Waals surface area contributed by atoms with Gasteiger partial charge in [0.25, 0.3) is 5.91 Å². The Hall–Kier alpha value is -2.69. The van der Waals surface area contributed by atoms with E-state index in [4.69, 9.17) is 0 Å². The molecule has 2 amide bonds. The first-order valence-corrected chi connectivity index (χ1v) is 7.97. The average Bonchev–Trinajstić information content (AvgIpc) is 2.58. The highest BCUT2D eigenvalue weighted by Crippen LogP contribution is 2.14. The second-order valence-electron chi connectivity index (χ2n) is 5.41. The molecule has 2 aromatic rings. The van der Waals surface area contributed by atoms with Crippen LogP contribution in [0.15, 0.2) is 48.5 Å². The van der Waals surface area contributed by atoms with E-state index in [0.29, 0.717) is 24.3 Å². The lowest BCUT2D eigenvalue weighted by Gasteiger charge is -2.19. The van der Waals surface area contributed by atoms with Crippen molar-refractivity contribution in [2.75, 3.05) is 18.4 Å². The summed E-state index contributed by atoms with van der Waals surface area (Å²) in [6, 6.07) is 12.7. The fourth-order valence-electron chi connectivity index (χ4n) is 2.42. The van der Waals surface area contributed by atoms with Crippen molar-refractivity contribution >= 4 is 17.5 Å². The Bertz CT molecular complexity index is 710. The number of benzene rings is 2. The van der Waals surface area contributed by atoms with Gasteiger partial charge in [0, 0.05) is 24.3 Å². The fourth-order valence-corrected chi connectivity index (χ4v) is 2.42. The summed E-state index contributed by atoms with van der Waals surface area (Å²) in [5.41, 5.74) is 1.84. The molecule has 1 N–H and O–H groups in total. The molecule has 0 spiro atoms. The Morgan fingerprint density at radius 1 is 1.04 bits per heavy atom. The predicted molar refractivity (Wildman–Crippen MR) is 92.4 cm³/mol. The first-order chi connectivity index (χ1) is 11.5. The minimum atomic E-state index is -0.332. The zero-order valence-electron chi connectivity index (χ0n) is 13.9. The maximum absolute atomic E-state index is 12.9. The summed E-state index contributed by atoms with van der Waals surface area (Å²) >= 11 is 0. The molecule has 0 radical (unpaired) electrons. The van der Waals surface area contributed by atoms with Crippen molar-refractivity contribution in [3.63, 3.8) is 0 Å². The van der Waals surface area contributed by atoms with Gasteiger partial charge in [-0.3, -0.25) is 9.59 Å². The van der Waals surface area contributed by atoms with E-state index in [2.05, 4.69) is 5.32 Å². The zero-order valence-corrected chi connectivity index (χ0v) is 13.9. The van der Waals surface area contributed by atoms with Crippen molar-refractivity contribution in [3.8, 4) is 0 Å². The van der Waals surface area contributed by atoms with E-state index < -0.39 is 0 Å². The van der Waals surface area contributed by atoms with E-state index in [0.717, 1.165) is 5.56 Å². The van der Waals surface area contributed by atoms with Gasteiger partial charge in [-0.2, -0.15) is 0 Å². The molecule has 4 nitrogen and oxygen atoms in total. The van der Waals surface area contributed by atoms with Crippen LogP contribution < -0.4 is 5.32 Å². The molecule has 2 rings (SSSR count). The molecule has 0 aromatic heterocycles. The van der Waals surface area contributed by atoms with Crippen molar-refractivity contribution in [1.29, 1.82) is 0 Å². The molecule has 2 aromatic carbocycles. The summed E-state index contributed by atoms with van der Waals surface area (Å²) in [5.74, 6) is -0.606. The zero-order chi connectivity index (χ0) is 17.5. The van der Waals surface area contributed by atoms with Gasteiger partial charge in [-0.25, -0.2) is 4.39 Å². The lowest BCUT2D eigenvalue weighted by molar-refractivity contribution is -0.115. The average molecular weight is 328 g/mol. The normalized spacial score (nSPS) is 10.3. The van der Waals surface area contributed by atoms with Crippen LogP contribution in [0.4, 0.5) is 10.1 Å². The second-order valence-corrected chi connectivity index (χ2v) is 5.41. The molecule has 24 heavy (non-hydrogen) atoms. The van der Waals surface area contributed by atoms with Crippen molar-refractivity contribution in [3.05, 3.63) is 65.5 Å². The molecule has 0 atom stereocenters. The first-order valence-electron chi connectivity index (χ1n) is 7.97. The minimum Gasteiger partial charge on any atom is -0.339 e. The van der Waals surface area contributed by atoms with Gasteiger partial charge in [-0.05, 0) is 49.7 Å². The number of nitrogens with zero attached hydrogens (tertiary/aromatic N) is 1. The molecule has 0 fully saturated rings. The topological polar surface area (TPSA) is 49.4 Å². The van der Waals surface area contributed by atoms with Gasteiger partial charge >= 0.3 is 0 Å². The lowest BCUT2D eigenvalue weighted by Crippen LogP contribution is -2.30. The summed E-state index contributed by atoms with van der Waals surface area (Å²) < 4.78 is 12.9. The van der Waals surface area contributed by atoms with Crippen LogP contribution in [0.1, 0.15) is 29.8 Å². The number of nitrogens with one attached hydrogen (secondary N) is 1. The van der Waals surface area contributed by atoms with Crippen molar-refractivity contribution in [2.45, 2.75) is 20.3 Å². The van der Waals surface area contributed by atoms with Gasteiger partial charge in [-0.1, -0.05) is 18.2 Å². The summed E-state index contributed by atoms with van der Waals surface area (Å²) in [4.78, 5) is 26.2. The van der Waals surface area contributed by atoms with Crippen LogP contribution in [-0.4, -0.2) is 29.8 Å². The number of anilines is 1. The summed E-state index contributed by atoms with van der Waals surface area (Å²) in [6.45, 7) is 5.12. The van der Waals surface area contributed by atoms with Crippen LogP contribution in [0.3, 0.4) is 0 Å². The molecule has 0 unspecified atom stereocenters. The van der Waals surface area contributed by atoms with Gasteiger partial charge in [0.2, 0.25) is 5.91 Å². The molecule has 0 heterocycles. The number of hydrogen-bond acceptors (Lipinski definition) is 2. The third kappa shape index (κ3) is 4.65. The number of carbonyl (C=O) groups excluding carboxylic acids is 2. The monoisotopic (exact) mass is 328 g/mol. The number of rotatable bonds is 6. The van der Waals surface area contributed by atoms with E-state index in [1.54, 1.807) is 41.3 Å². The van der Waals surface area contributed by atoms with Crippen molar-refractivity contribution < 1.29 is 14.0 Å². The minimum absolute atomic E-state index is 0.0605. The molecule has 0 bridgehead atoms. The molecule has 5 heteroatoms. The van der Waals surface area contributed by atoms with E-state index in [9.17, 15) is 14.0 Å². The SMILES string of the molecule is CCN(CC)C(=O)c1cccc(NC(=O)Cc2ccc(F)cc2)c1. The predicted octanol–water partition coefficient (Wildman–Crippen LogP) is 3.49. The van der Waals surface area contributed by atoms with E-state index >= 15 is 0 Å². The number of hydrogen-bond donors (Lipinski definition) is 1. The highest BCUT2D eigenvalue weighted by Gasteiger charge is 2.13. The van der Waals surface area contributed by atoms with Gasteiger partial charge in [-0.15, -0.1) is 0 Å². The Morgan fingerprint density at radius 2 is 1.71 bits per heavy atom. The standard InChI is InChI=1S/C19H21FN2O2/c1-3-22(4-2)19(24)15-6-5-7-17(13-15)21-18(23)12-14-8-10-16(20)11-9-14/h5-11,13H,3-4,12H2,1-2H3,(H,21,23). The van der Waals surface area contributed by atoms with Gasteiger partial charge in [0.15, 0.2) is 0 Å². The quantitative estimate of drug-likeness (QED) is 0.882. The molecule has 0 aliphatic carbocycles. The Balaban J connectivity index is 2.04. The summed E-state index contributed by atoms with van der Waals surface area (Å²) in [5, 5.41) is 2.77. The Kier molecular flexibility index (Phi) is 6.07. The van der Waals surface area contributed by atoms with Crippen LogP contribution in [0.5, 0.6) is 0 Å². The van der Waals surface area contributed by atoms with Crippen LogP contribution in [0.2, 0.25) is 0 Å². The van der Waals surface area contributed by atoms with E-state index in [-0.39, 0.29) is 24.1 Å². The largest absolute Gasteiger partial charge is 0.339 e. The Labute approximate surface area is 141 Å². The van der Waals surface area contributed by atoms with Gasteiger partial charge in [0.1, 0.15) is 5.82 Å². The molecular formula is C19H21FN2O2. The third-order valence-corrected chi connectivity index (χ3v) is 3.72. The Morgan fingerprint density at radius 3 is 2.33 bits per heavy atom. The number of amides is 2. The molecule has 0 saturated carbocycles. The molecule has 0 aliphatic heterocycles. The third-order valence-electron chi connectivity index (χ3n) is 3.72. The highest BCUT2D eigenvalue weighted by atomic mass is 19.1. The van der Waals surface area contributed by atoms with Crippen LogP contribution in [0, 0.1) is 5.82 Å². The summed E-state index contributed by atoms with van der Waals surface area (Å²) in [7, 11) is 0. The number of carbonyl (C=O) groups is 2. The lowest BCUT2D eigenvalue weighted by atomic mass is 10.1. The van der Waals surface area contributed by atoms with E-state index in [1.807, 2.05) is 13.8 Å².